The second kappa shape index (κ2) is 22.0. The number of methoxy groups -OCH3 is 3. The number of hydrogen-bond acceptors (Lipinski definition) is 12. The van der Waals surface area contributed by atoms with Crippen LogP contribution in [-0.2, 0) is 46.7 Å². The third-order valence-corrected chi connectivity index (χ3v) is 13.4. The molecule has 4 aliphatic rings. The van der Waals surface area contributed by atoms with Crippen molar-refractivity contribution in [1.29, 1.82) is 0 Å². The molecule has 0 aromatic rings. The second-order valence-corrected chi connectivity index (χ2v) is 17.7. The lowest BCUT2D eigenvalue weighted by Gasteiger charge is -2.47. The molecule has 2 N–H and O–H groups in total. The molecule has 1 saturated carbocycles. The number of Topliss-reactive ketones (excluding diaryl/α,β-unsaturated/α-hetero) is 2. The largest absolute Gasteiger partial charge is 0.456 e. The molecule has 0 aromatic heterocycles. The maximum Gasteiger partial charge on any atom is 0.329 e. The molecule has 1 amide bonds. The molecular weight excluding hydrogens is 814 g/mol. The first-order chi connectivity index (χ1) is 27.5. The van der Waals surface area contributed by atoms with Crippen LogP contribution in [-0.4, -0.2) is 121 Å². The Morgan fingerprint density at radius 1 is 0.966 bits per heavy atom. The van der Waals surface area contributed by atoms with E-state index in [-0.39, 0.29) is 55.6 Å². The van der Waals surface area contributed by atoms with Crippen LogP contribution in [0.25, 0.3) is 0 Å². The predicted molar refractivity (Wildman–Crippen MR) is 220 cm³/mol. The van der Waals surface area contributed by atoms with Crippen LogP contribution in [0.15, 0.2) is 36.0 Å². The molecule has 13 nitrogen and oxygen atoms in total. The highest BCUT2D eigenvalue weighted by Gasteiger charge is 2.56. The Labute approximate surface area is 353 Å². The molecule has 58 heavy (non-hydrogen) atoms. The smallest absolute Gasteiger partial charge is 0.329 e. The van der Waals surface area contributed by atoms with Crippen LogP contribution < -0.4 is 0 Å². The van der Waals surface area contributed by atoms with Gasteiger partial charge in [-0.3, -0.25) is 14.4 Å². The second-order valence-electron chi connectivity index (χ2n) is 17.3. The summed E-state index contributed by atoms with van der Waals surface area (Å²) in [5, 5.41) is 23.8. The molecule has 0 aromatic carbocycles. The highest BCUT2D eigenvalue weighted by Crippen LogP contribution is 2.39. The SMILES string of the molecule is C=CC[C@@H]1/C=C(\C)C[C@H](C)C[C@H](OC)[C@H]2O[C@@](O)(C(=O)C(=O)N3CCCC[C@H]3C(=O)O[C@H](/C(C)=C/[C@@H]3CC[C@@H](OBr)[C@H](OC)C3)[C@H](C)[C@@H](O)CC1=O)[C@H](C)C[C@@H]2OC. The van der Waals surface area contributed by atoms with E-state index < -0.39 is 77.8 Å². The minimum Gasteiger partial charge on any atom is -0.456 e. The van der Waals surface area contributed by atoms with Crippen LogP contribution in [0.1, 0.15) is 105 Å². The van der Waals surface area contributed by atoms with E-state index in [2.05, 4.69) is 22.8 Å². The third kappa shape index (κ3) is 11.5. The average Bonchev–Trinajstić information content (AvgIpc) is 3.21. The minimum absolute atomic E-state index is 0.0142. The lowest BCUT2D eigenvalue weighted by Crippen LogP contribution is -2.64. The van der Waals surface area contributed by atoms with Crippen molar-refractivity contribution >= 4 is 39.7 Å². The van der Waals surface area contributed by atoms with Gasteiger partial charge in [0, 0.05) is 52.0 Å². The number of fused-ring (bicyclic) bond motifs is 3. The van der Waals surface area contributed by atoms with Gasteiger partial charge in [0.1, 0.15) is 24.0 Å². The average molecular weight is 883 g/mol. The van der Waals surface area contributed by atoms with Gasteiger partial charge in [-0.25, -0.2) is 4.79 Å². The Morgan fingerprint density at radius 3 is 2.28 bits per heavy atom. The maximum atomic E-state index is 14.4. The molecular formula is C44H68BrNO12. The summed E-state index contributed by atoms with van der Waals surface area (Å²) in [6.45, 7) is 13.2. The van der Waals surface area contributed by atoms with Crippen LogP contribution in [0.3, 0.4) is 0 Å². The Hall–Kier alpha value is -2.30. The number of nitrogens with zero attached hydrogens (tertiary/aromatic N) is 1. The first-order valence-electron chi connectivity index (χ1n) is 21.0. The van der Waals surface area contributed by atoms with E-state index in [1.165, 1.54) is 19.1 Å². The van der Waals surface area contributed by atoms with Crippen molar-refractivity contribution in [3.63, 3.8) is 0 Å². The number of ketones is 2. The van der Waals surface area contributed by atoms with Crippen LogP contribution in [0.4, 0.5) is 0 Å². The van der Waals surface area contributed by atoms with Crippen molar-refractivity contribution in [2.75, 3.05) is 27.9 Å². The van der Waals surface area contributed by atoms with Gasteiger partial charge in [-0.15, -0.1) is 6.58 Å². The number of allylic oxidation sites excluding steroid dienone is 4. The zero-order valence-electron chi connectivity index (χ0n) is 35.7. The Morgan fingerprint density at radius 2 is 1.64 bits per heavy atom. The Bertz CT molecular complexity index is 1500. The number of aliphatic hydroxyl groups is 2. The highest BCUT2D eigenvalue weighted by atomic mass is 79.9. The Kier molecular flexibility index (Phi) is 18.3. The monoisotopic (exact) mass is 881 g/mol. The quantitative estimate of drug-likeness (QED) is 0.167. The van der Waals surface area contributed by atoms with Gasteiger partial charge in [0.15, 0.2) is 0 Å². The van der Waals surface area contributed by atoms with Gasteiger partial charge in [-0.1, -0.05) is 44.6 Å². The van der Waals surface area contributed by atoms with Gasteiger partial charge >= 0.3 is 5.97 Å². The molecule has 0 unspecified atom stereocenters. The van der Waals surface area contributed by atoms with Crippen molar-refractivity contribution in [2.24, 2.45) is 29.6 Å². The highest BCUT2D eigenvalue weighted by molar-refractivity contribution is 9.06. The number of halogens is 1. The summed E-state index contributed by atoms with van der Waals surface area (Å²) in [7, 11) is 4.70. The summed E-state index contributed by atoms with van der Waals surface area (Å²) >= 11 is 3.12. The van der Waals surface area contributed by atoms with Crippen LogP contribution >= 0.6 is 16.3 Å². The molecule has 4 rings (SSSR count). The van der Waals surface area contributed by atoms with Crippen LogP contribution in [0, 0.1) is 29.6 Å². The first-order valence-corrected chi connectivity index (χ1v) is 21.7. The molecule has 328 valence electrons. The number of hydrogen-bond donors (Lipinski definition) is 2. The number of amides is 1. The summed E-state index contributed by atoms with van der Waals surface area (Å²) in [4.78, 5) is 58.0. The number of rotatable bonds is 8. The van der Waals surface area contributed by atoms with E-state index in [0.717, 1.165) is 18.4 Å². The number of carbonyl (C=O) groups is 4. The Balaban J connectivity index is 1.78. The minimum atomic E-state index is -2.51. The molecule has 14 heteroatoms. The summed E-state index contributed by atoms with van der Waals surface area (Å²) in [5.74, 6) is -7.62. The molecule has 0 spiro atoms. The summed E-state index contributed by atoms with van der Waals surface area (Å²) in [6.07, 6.45) is 6.18. The van der Waals surface area contributed by atoms with E-state index in [4.69, 9.17) is 27.5 Å². The van der Waals surface area contributed by atoms with Crippen molar-refractivity contribution in [3.05, 3.63) is 36.0 Å². The zero-order chi connectivity index (χ0) is 42.9. The zero-order valence-corrected chi connectivity index (χ0v) is 37.3. The van der Waals surface area contributed by atoms with Crippen molar-refractivity contribution in [1.82, 2.24) is 4.90 Å². The van der Waals surface area contributed by atoms with E-state index >= 15 is 0 Å². The van der Waals surface area contributed by atoms with Gasteiger partial charge in [-0.05, 0) is 95.5 Å². The van der Waals surface area contributed by atoms with Crippen molar-refractivity contribution in [3.8, 4) is 0 Å². The molecule has 14 atom stereocenters. The molecule has 3 fully saturated rings. The lowest BCUT2D eigenvalue weighted by atomic mass is 9.81. The van der Waals surface area contributed by atoms with E-state index in [1.54, 1.807) is 27.0 Å². The summed E-state index contributed by atoms with van der Waals surface area (Å²) < 4.78 is 35.5. The number of aliphatic hydroxyl groups excluding tert-OH is 1. The fourth-order valence-electron chi connectivity index (χ4n) is 9.51. The van der Waals surface area contributed by atoms with Gasteiger partial charge in [0.2, 0.25) is 5.79 Å². The van der Waals surface area contributed by atoms with Gasteiger partial charge in [0.25, 0.3) is 11.7 Å². The van der Waals surface area contributed by atoms with Crippen molar-refractivity contribution < 1.29 is 56.9 Å². The topological polar surface area (TPSA) is 167 Å². The lowest BCUT2D eigenvalue weighted by molar-refractivity contribution is -0.302. The molecule has 1 aliphatic carbocycles. The van der Waals surface area contributed by atoms with Gasteiger partial charge in [0.05, 0.1) is 46.8 Å². The van der Waals surface area contributed by atoms with Gasteiger partial charge in [-0.2, -0.15) is 0 Å². The normalized spacial score (nSPS) is 40.5. The van der Waals surface area contributed by atoms with E-state index in [1.807, 2.05) is 32.9 Å². The number of esters is 1. The fourth-order valence-corrected chi connectivity index (χ4v) is 9.94. The number of ether oxygens (including phenoxy) is 5. The van der Waals surface area contributed by atoms with Crippen LogP contribution in [0.2, 0.25) is 0 Å². The van der Waals surface area contributed by atoms with E-state index in [0.29, 0.717) is 44.1 Å². The number of cyclic esters (lactones) is 1. The standard InChI is InChI=1S/C44H68BrNO12/c1-10-13-31-19-25(2)18-26(3)20-37(54-8)40-38(55-9)22-28(5)44(52,57-40)41(49)42(50)46-17-12-11-14-32(46)43(51)56-39(29(6)33(47)24-34(31)48)27(4)21-30-15-16-35(58-45)36(23-30)53-7/h10,19,21,26,28-33,35-40,47,52H,1,11-18,20,22-24H2,2-9H3/b25-19+,27-21+/t26-,28+,29+,30-,31+,32-,33-,35+,36+,37-,38-,39+,40+,44+/m0/s1. The number of piperidine rings is 1. The molecule has 0 radical (unpaired) electrons. The summed E-state index contributed by atoms with van der Waals surface area (Å²) in [5.41, 5.74) is 1.65. The summed E-state index contributed by atoms with van der Waals surface area (Å²) in [6, 6.07) is -1.13. The maximum absolute atomic E-state index is 14.4. The van der Waals surface area contributed by atoms with E-state index in [9.17, 15) is 29.4 Å². The van der Waals surface area contributed by atoms with Crippen molar-refractivity contribution in [2.45, 2.75) is 160 Å². The fraction of sp³-hybridized carbons (Fsp3) is 0.773. The molecule has 3 aliphatic heterocycles. The van der Waals surface area contributed by atoms with Gasteiger partial charge < -0.3 is 42.6 Å². The number of carbonyl (C=O) groups excluding carboxylic acids is 4. The predicted octanol–water partition coefficient (Wildman–Crippen LogP) is 5.97. The molecule has 3 heterocycles. The third-order valence-electron chi connectivity index (χ3n) is 13.0. The first kappa shape index (κ1) is 48.4. The molecule has 2 bridgehead atoms. The van der Waals surface area contributed by atoms with Crippen LogP contribution in [0.5, 0.6) is 0 Å². The molecule has 2 saturated heterocycles.